The Hall–Kier alpha value is -1.44. The van der Waals surface area contributed by atoms with Gasteiger partial charge in [0, 0.05) is 39.4 Å². The number of amides is 2. The number of hydrogen-bond donors (Lipinski definition) is 1. The summed E-state index contributed by atoms with van der Waals surface area (Å²) in [4.78, 5) is 35.4. The van der Waals surface area contributed by atoms with Crippen LogP contribution >= 0.6 is 24.8 Å². The van der Waals surface area contributed by atoms with Crippen molar-refractivity contribution in [2.75, 3.05) is 39.8 Å². The van der Waals surface area contributed by atoms with E-state index in [0.717, 1.165) is 18.8 Å². The molecule has 7 nitrogen and oxygen atoms in total. The summed E-state index contributed by atoms with van der Waals surface area (Å²) >= 11 is 0. The van der Waals surface area contributed by atoms with E-state index in [1.165, 1.54) is 11.1 Å². The molecule has 1 aliphatic heterocycles. The van der Waals surface area contributed by atoms with Crippen molar-refractivity contribution in [3.63, 3.8) is 0 Å². The van der Waals surface area contributed by atoms with Crippen molar-refractivity contribution in [3.8, 4) is 0 Å². The van der Waals surface area contributed by atoms with E-state index < -0.39 is 0 Å². The molecule has 1 fully saturated rings. The third-order valence-electron chi connectivity index (χ3n) is 3.19. The van der Waals surface area contributed by atoms with Crippen LogP contribution in [-0.4, -0.2) is 71.4 Å². The molecule has 2 heterocycles. The molecule has 0 atom stereocenters. The fourth-order valence-corrected chi connectivity index (χ4v) is 1.99. The zero-order chi connectivity index (χ0) is 14.5. The first-order valence-electron chi connectivity index (χ1n) is 6.60. The number of nitrogens with one attached hydrogen (secondary N) is 1. The zero-order valence-electron chi connectivity index (χ0n) is 12.6. The van der Waals surface area contributed by atoms with Crippen molar-refractivity contribution in [2.24, 2.45) is 0 Å². The van der Waals surface area contributed by atoms with Crippen LogP contribution in [0.15, 0.2) is 12.4 Å². The predicted octanol–water partition coefficient (Wildman–Crippen LogP) is 0.132. The maximum Gasteiger partial charge on any atom is 0.274 e. The SMILES string of the molecule is Cc1cnc(C(=O)N(C)CC(=O)N2CCNCC2)cn1.Cl.Cl. The van der Waals surface area contributed by atoms with Gasteiger partial charge in [-0.3, -0.25) is 14.6 Å². The van der Waals surface area contributed by atoms with Gasteiger partial charge in [0.25, 0.3) is 5.91 Å². The van der Waals surface area contributed by atoms with E-state index in [9.17, 15) is 9.59 Å². The predicted molar refractivity (Wildman–Crippen MR) is 87.7 cm³/mol. The Morgan fingerprint density at radius 3 is 2.41 bits per heavy atom. The van der Waals surface area contributed by atoms with Crippen LogP contribution in [0.1, 0.15) is 16.2 Å². The maximum absolute atomic E-state index is 12.1. The van der Waals surface area contributed by atoms with E-state index in [-0.39, 0.29) is 48.9 Å². The van der Waals surface area contributed by atoms with E-state index in [1.54, 1.807) is 25.1 Å². The summed E-state index contributed by atoms with van der Waals surface area (Å²) < 4.78 is 0. The van der Waals surface area contributed by atoms with E-state index in [4.69, 9.17) is 0 Å². The summed E-state index contributed by atoms with van der Waals surface area (Å²) in [5.74, 6) is -0.330. The summed E-state index contributed by atoms with van der Waals surface area (Å²) in [6.45, 7) is 4.84. The maximum atomic E-state index is 12.1. The van der Waals surface area contributed by atoms with Gasteiger partial charge in [-0.25, -0.2) is 4.98 Å². The fraction of sp³-hybridized carbons (Fsp3) is 0.538. The molecule has 124 valence electrons. The number of aromatic nitrogens is 2. The molecule has 1 aromatic rings. The largest absolute Gasteiger partial charge is 0.339 e. The molecule has 2 rings (SSSR count). The van der Waals surface area contributed by atoms with Crippen LogP contribution in [0.3, 0.4) is 0 Å². The highest BCUT2D eigenvalue weighted by atomic mass is 35.5. The van der Waals surface area contributed by atoms with Crippen molar-refractivity contribution in [1.82, 2.24) is 25.1 Å². The van der Waals surface area contributed by atoms with E-state index in [1.807, 2.05) is 0 Å². The van der Waals surface area contributed by atoms with E-state index in [0.29, 0.717) is 13.1 Å². The molecule has 1 aromatic heterocycles. The number of hydrogen-bond acceptors (Lipinski definition) is 5. The number of halogens is 2. The van der Waals surface area contributed by atoms with Gasteiger partial charge in [0.05, 0.1) is 18.4 Å². The van der Waals surface area contributed by atoms with Crippen molar-refractivity contribution in [3.05, 3.63) is 23.8 Å². The Kier molecular flexibility index (Phi) is 8.93. The molecule has 0 aliphatic carbocycles. The van der Waals surface area contributed by atoms with Crippen LogP contribution in [0.5, 0.6) is 0 Å². The number of piperazine rings is 1. The smallest absolute Gasteiger partial charge is 0.274 e. The van der Waals surface area contributed by atoms with Crippen LogP contribution in [0.25, 0.3) is 0 Å². The number of aryl methyl sites for hydroxylation is 1. The van der Waals surface area contributed by atoms with Crippen LogP contribution in [-0.2, 0) is 4.79 Å². The van der Waals surface area contributed by atoms with Gasteiger partial charge in [-0.05, 0) is 6.92 Å². The number of carbonyl (C=O) groups excluding carboxylic acids is 2. The Balaban J connectivity index is 0.00000220. The first-order chi connectivity index (χ1) is 9.58. The minimum atomic E-state index is -0.291. The highest BCUT2D eigenvalue weighted by Gasteiger charge is 2.21. The lowest BCUT2D eigenvalue weighted by atomic mass is 10.3. The Bertz CT molecular complexity index is 492. The first kappa shape index (κ1) is 20.6. The number of carbonyl (C=O) groups is 2. The molecule has 1 saturated heterocycles. The van der Waals surface area contributed by atoms with Crippen LogP contribution in [0, 0.1) is 6.92 Å². The second-order valence-electron chi connectivity index (χ2n) is 4.84. The van der Waals surface area contributed by atoms with Crippen LogP contribution in [0.4, 0.5) is 0 Å². The molecule has 0 bridgehead atoms. The normalized spacial score (nSPS) is 13.6. The third kappa shape index (κ3) is 5.40. The molecule has 9 heteroatoms. The highest BCUT2D eigenvalue weighted by molar-refractivity contribution is 5.94. The molecule has 0 saturated carbocycles. The minimum absolute atomic E-state index is 0. The molecule has 1 aliphatic rings. The van der Waals surface area contributed by atoms with Crippen molar-refractivity contribution >= 4 is 36.6 Å². The van der Waals surface area contributed by atoms with Crippen molar-refractivity contribution in [1.29, 1.82) is 0 Å². The molecule has 0 unspecified atom stereocenters. The summed E-state index contributed by atoms with van der Waals surface area (Å²) in [6, 6.07) is 0. The van der Waals surface area contributed by atoms with Crippen LogP contribution in [0.2, 0.25) is 0 Å². The molecule has 0 radical (unpaired) electrons. The van der Waals surface area contributed by atoms with E-state index in [2.05, 4.69) is 15.3 Å². The van der Waals surface area contributed by atoms with Gasteiger partial charge >= 0.3 is 0 Å². The quantitative estimate of drug-likeness (QED) is 0.839. The monoisotopic (exact) mass is 349 g/mol. The first-order valence-corrected chi connectivity index (χ1v) is 6.60. The summed E-state index contributed by atoms with van der Waals surface area (Å²) in [6.07, 6.45) is 2.97. The second-order valence-corrected chi connectivity index (χ2v) is 4.84. The Morgan fingerprint density at radius 1 is 1.23 bits per heavy atom. The summed E-state index contributed by atoms with van der Waals surface area (Å²) in [5.41, 5.74) is 1.01. The Labute approximate surface area is 142 Å². The van der Waals surface area contributed by atoms with Gasteiger partial charge in [0.2, 0.25) is 5.91 Å². The topological polar surface area (TPSA) is 78.4 Å². The zero-order valence-corrected chi connectivity index (χ0v) is 14.2. The second kappa shape index (κ2) is 9.55. The average Bonchev–Trinajstić information content (AvgIpc) is 2.48. The van der Waals surface area contributed by atoms with Crippen LogP contribution < -0.4 is 5.32 Å². The van der Waals surface area contributed by atoms with Gasteiger partial charge in [-0.2, -0.15) is 0 Å². The summed E-state index contributed by atoms with van der Waals surface area (Å²) in [7, 11) is 1.60. The molecule has 0 aromatic carbocycles. The van der Waals surface area contributed by atoms with E-state index >= 15 is 0 Å². The molecule has 2 amide bonds. The average molecular weight is 350 g/mol. The summed E-state index contributed by atoms with van der Waals surface area (Å²) in [5, 5.41) is 3.18. The minimum Gasteiger partial charge on any atom is -0.339 e. The van der Waals surface area contributed by atoms with Crippen molar-refractivity contribution in [2.45, 2.75) is 6.92 Å². The van der Waals surface area contributed by atoms with Gasteiger partial charge < -0.3 is 15.1 Å². The van der Waals surface area contributed by atoms with Gasteiger partial charge in [0.1, 0.15) is 5.69 Å². The number of rotatable bonds is 3. The molecular formula is C13H21Cl2N5O2. The highest BCUT2D eigenvalue weighted by Crippen LogP contribution is 2.01. The Morgan fingerprint density at radius 2 is 1.86 bits per heavy atom. The lowest BCUT2D eigenvalue weighted by Gasteiger charge is -2.29. The molecule has 22 heavy (non-hydrogen) atoms. The third-order valence-corrected chi connectivity index (χ3v) is 3.19. The lowest BCUT2D eigenvalue weighted by Crippen LogP contribution is -2.49. The lowest BCUT2D eigenvalue weighted by molar-refractivity contribution is -0.132. The van der Waals surface area contributed by atoms with Gasteiger partial charge in [-0.1, -0.05) is 0 Å². The van der Waals surface area contributed by atoms with Crippen molar-refractivity contribution < 1.29 is 9.59 Å². The van der Waals surface area contributed by atoms with Gasteiger partial charge in [-0.15, -0.1) is 24.8 Å². The number of likely N-dealkylation sites (N-methyl/N-ethyl adjacent to an activating group) is 1. The molecule has 1 N–H and O–H groups in total. The molecular weight excluding hydrogens is 329 g/mol. The standard InChI is InChI=1S/C13H19N5O2.2ClH/c1-10-7-16-11(8-15-10)13(20)17(2)9-12(19)18-5-3-14-4-6-18;;/h7-8,14H,3-6,9H2,1-2H3;2*1H. The van der Waals surface area contributed by atoms with Gasteiger partial charge in [0.15, 0.2) is 0 Å². The fourth-order valence-electron chi connectivity index (χ4n) is 1.99. The molecule has 0 spiro atoms. The number of nitrogens with zero attached hydrogens (tertiary/aromatic N) is 4.